The summed E-state index contributed by atoms with van der Waals surface area (Å²) in [5, 5.41) is 6.87. The topological polar surface area (TPSA) is 59.1 Å². The predicted octanol–water partition coefficient (Wildman–Crippen LogP) is 1.74. The monoisotopic (exact) mass is 250 g/mol. The molecule has 1 unspecified atom stereocenters. The van der Waals surface area contributed by atoms with Gasteiger partial charge in [-0.05, 0) is 33.2 Å². The predicted molar refractivity (Wildman–Crippen MR) is 72.1 cm³/mol. The normalized spacial score (nSPS) is 19.6. The summed E-state index contributed by atoms with van der Waals surface area (Å²) in [6, 6.07) is 2.41. The average Bonchev–Trinajstić information content (AvgIpc) is 2.37. The van der Waals surface area contributed by atoms with E-state index in [-0.39, 0.29) is 0 Å². The molecule has 2 N–H and O–H groups in total. The molecule has 5 heteroatoms. The number of nitrogens with zero attached hydrogens (tertiary/aromatic N) is 2. The van der Waals surface area contributed by atoms with Crippen LogP contribution in [0.2, 0.25) is 0 Å². The molecule has 1 atom stereocenters. The summed E-state index contributed by atoms with van der Waals surface area (Å²) in [6.45, 7) is 6.49. The first-order valence-electron chi connectivity index (χ1n) is 6.73. The standard InChI is InChI=1S/C13H22N4O/c1-3-18-13-8-12(16-10(2)17-13)15-9-11-6-4-5-7-14-11/h8,11,14H,3-7,9H2,1-2H3,(H,15,16,17). The lowest BCUT2D eigenvalue weighted by Crippen LogP contribution is -2.39. The Morgan fingerprint density at radius 1 is 1.44 bits per heavy atom. The zero-order valence-electron chi connectivity index (χ0n) is 11.2. The van der Waals surface area contributed by atoms with Crippen molar-refractivity contribution in [2.45, 2.75) is 39.2 Å². The molecule has 2 heterocycles. The summed E-state index contributed by atoms with van der Waals surface area (Å²) in [5.74, 6) is 2.22. The molecule has 0 aromatic carbocycles. The second kappa shape index (κ2) is 6.54. The highest BCUT2D eigenvalue weighted by Gasteiger charge is 2.12. The third-order valence-corrected chi connectivity index (χ3v) is 3.05. The van der Waals surface area contributed by atoms with Crippen molar-refractivity contribution in [1.29, 1.82) is 0 Å². The Morgan fingerprint density at radius 3 is 3.06 bits per heavy atom. The van der Waals surface area contributed by atoms with Gasteiger partial charge in [-0.2, -0.15) is 4.98 Å². The van der Waals surface area contributed by atoms with Crippen LogP contribution in [0.1, 0.15) is 32.0 Å². The van der Waals surface area contributed by atoms with Gasteiger partial charge in [-0.15, -0.1) is 0 Å². The van der Waals surface area contributed by atoms with Gasteiger partial charge in [-0.25, -0.2) is 4.98 Å². The lowest BCUT2D eigenvalue weighted by Gasteiger charge is -2.23. The minimum Gasteiger partial charge on any atom is -0.478 e. The van der Waals surface area contributed by atoms with Crippen molar-refractivity contribution in [2.24, 2.45) is 0 Å². The van der Waals surface area contributed by atoms with Crippen molar-refractivity contribution in [3.05, 3.63) is 11.9 Å². The third kappa shape index (κ3) is 3.84. The molecule has 1 fully saturated rings. The Labute approximate surface area is 108 Å². The molecule has 0 radical (unpaired) electrons. The molecule has 0 spiro atoms. The third-order valence-electron chi connectivity index (χ3n) is 3.05. The molecule has 5 nitrogen and oxygen atoms in total. The van der Waals surface area contributed by atoms with E-state index < -0.39 is 0 Å². The van der Waals surface area contributed by atoms with Crippen molar-refractivity contribution in [1.82, 2.24) is 15.3 Å². The second-order valence-electron chi connectivity index (χ2n) is 4.60. The van der Waals surface area contributed by atoms with Crippen LogP contribution in [-0.4, -0.2) is 35.7 Å². The van der Waals surface area contributed by atoms with Crippen molar-refractivity contribution in [3.63, 3.8) is 0 Å². The van der Waals surface area contributed by atoms with E-state index in [0.717, 1.165) is 24.7 Å². The Kier molecular flexibility index (Phi) is 4.75. The van der Waals surface area contributed by atoms with Crippen molar-refractivity contribution in [3.8, 4) is 5.88 Å². The van der Waals surface area contributed by atoms with Gasteiger partial charge in [0.15, 0.2) is 0 Å². The lowest BCUT2D eigenvalue weighted by molar-refractivity contribution is 0.325. The number of hydrogen-bond donors (Lipinski definition) is 2. The molecule has 18 heavy (non-hydrogen) atoms. The zero-order chi connectivity index (χ0) is 12.8. The van der Waals surface area contributed by atoms with Crippen LogP contribution < -0.4 is 15.4 Å². The minimum absolute atomic E-state index is 0.546. The highest BCUT2D eigenvalue weighted by atomic mass is 16.5. The number of hydrogen-bond acceptors (Lipinski definition) is 5. The van der Waals surface area contributed by atoms with Crippen molar-refractivity contribution in [2.75, 3.05) is 25.0 Å². The SMILES string of the molecule is CCOc1cc(NCC2CCCCN2)nc(C)n1. The highest BCUT2D eigenvalue weighted by molar-refractivity contribution is 5.38. The second-order valence-corrected chi connectivity index (χ2v) is 4.60. The molecule has 0 bridgehead atoms. The van der Waals surface area contributed by atoms with E-state index in [0.29, 0.717) is 18.5 Å². The average molecular weight is 250 g/mol. The molecule has 2 rings (SSSR count). The van der Waals surface area contributed by atoms with E-state index in [2.05, 4.69) is 20.6 Å². The number of nitrogens with one attached hydrogen (secondary N) is 2. The molecular weight excluding hydrogens is 228 g/mol. The molecule has 0 amide bonds. The van der Waals surface area contributed by atoms with Gasteiger partial charge in [-0.3, -0.25) is 0 Å². The summed E-state index contributed by atoms with van der Waals surface area (Å²) in [4.78, 5) is 8.60. The smallest absolute Gasteiger partial charge is 0.218 e. The van der Waals surface area contributed by atoms with Crippen LogP contribution in [-0.2, 0) is 0 Å². The first-order valence-corrected chi connectivity index (χ1v) is 6.73. The maximum atomic E-state index is 5.41. The van der Waals surface area contributed by atoms with Gasteiger partial charge in [0.25, 0.3) is 0 Å². The Bertz CT molecular complexity index is 377. The van der Waals surface area contributed by atoms with Gasteiger partial charge >= 0.3 is 0 Å². The van der Waals surface area contributed by atoms with Crippen LogP contribution in [0.4, 0.5) is 5.82 Å². The fourth-order valence-electron chi connectivity index (χ4n) is 2.18. The fraction of sp³-hybridized carbons (Fsp3) is 0.692. The van der Waals surface area contributed by atoms with Gasteiger partial charge in [0, 0.05) is 18.7 Å². The maximum Gasteiger partial charge on any atom is 0.218 e. The lowest BCUT2D eigenvalue weighted by atomic mass is 10.1. The number of rotatable bonds is 5. The molecule has 1 aliphatic rings. The summed E-state index contributed by atoms with van der Waals surface area (Å²) in [5.41, 5.74) is 0. The first-order chi connectivity index (χ1) is 8.78. The molecule has 1 aromatic rings. The number of ether oxygens (including phenoxy) is 1. The van der Waals surface area contributed by atoms with Crippen LogP contribution >= 0.6 is 0 Å². The van der Waals surface area contributed by atoms with Gasteiger partial charge in [0.2, 0.25) is 5.88 Å². The van der Waals surface area contributed by atoms with E-state index in [1.54, 1.807) is 0 Å². The van der Waals surface area contributed by atoms with E-state index in [1.165, 1.54) is 19.3 Å². The fourth-order valence-corrected chi connectivity index (χ4v) is 2.18. The summed E-state index contributed by atoms with van der Waals surface area (Å²) < 4.78 is 5.41. The number of aromatic nitrogens is 2. The molecule has 1 saturated heterocycles. The Hall–Kier alpha value is -1.36. The largest absolute Gasteiger partial charge is 0.478 e. The summed E-state index contributed by atoms with van der Waals surface area (Å²) >= 11 is 0. The quantitative estimate of drug-likeness (QED) is 0.833. The minimum atomic E-state index is 0.546. The van der Waals surface area contributed by atoms with Crippen molar-refractivity contribution < 1.29 is 4.74 Å². The van der Waals surface area contributed by atoms with Gasteiger partial charge in [-0.1, -0.05) is 6.42 Å². The summed E-state index contributed by atoms with van der Waals surface area (Å²) in [6.07, 6.45) is 3.83. The van der Waals surface area contributed by atoms with Crippen molar-refractivity contribution >= 4 is 5.82 Å². The highest BCUT2D eigenvalue weighted by Crippen LogP contribution is 2.14. The molecule has 1 aliphatic heterocycles. The molecular formula is C13H22N4O. The van der Waals surface area contributed by atoms with Crippen LogP contribution in [0.5, 0.6) is 5.88 Å². The van der Waals surface area contributed by atoms with E-state index in [1.807, 2.05) is 19.9 Å². The van der Waals surface area contributed by atoms with E-state index in [9.17, 15) is 0 Å². The van der Waals surface area contributed by atoms with E-state index in [4.69, 9.17) is 4.74 Å². The molecule has 0 aliphatic carbocycles. The number of piperidine rings is 1. The zero-order valence-corrected chi connectivity index (χ0v) is 11.2. The van der Waals surface area contributed by atoms with Gasteiger partial charge in [0.1, 0.15) is 11.6 Å². The van der Waals surface area contributed by atoms with Crippen LogP contribution in [0.3, 0.4) is 0 Å². The molecule has 0 saturated carbocycles. The first kappa shape index (κ1) is 13.1. The van der Waals surface area contributed by atoms with Crippen LogP contribution in [0, 0.1) is 6.92 Å². The molecule has 100 valence electrons. The van der Waals surface area contributed by atoms with E-state index >= 15 is 0 Å². The van der Waals surface area contributed by atoms with Crippen LogP contribution in [0.15, 0.2) is 6.07 Å². The van der Waals surface area contributed by atoms with Gasteiger partial charge in [0.05, 0.1) is 6.61 Å². The Balaban J connectivity index is 1.91. The Morgan fingerprint density at radius 2 is 2.33 bits per heavy atom. The maximum absolute atomic E-state index is 5.41. The van der Waals surface area contributed by atoms with Gasteiger partial charge < -0.3 is 15.4 Å². The van der Waals surface area contributed by atoms with Crippen LogP contribution in [0.25, 0.3) is 0 Å². The number of aryl methyl sites for hydroxylation is 1. The number of anilines is 1. The summed E-state index contributed by atoms with van der Waals surface area (Å²) in [7, 11) is 0. The molecule has 1 aromatic heterocycles.